The van der Waals surface area contributed by atoms with Gasteiger partial charge in [0.2, 0.25) is 0 Å². The van der Waals surface area contributed by atoms with Gasteiger partial charge >= 0.3 is 5.97 Å². The molecule has 0 aliphatic carbocycles. The number of hydrogen-bond acceptors (Lipinski definition) is 6. The number of piperidine rings is 1. The summed E-state index contributed by atoms with van der Waals surface area (Å²) in [6, 6.07) is 5.49. The number of nitrogens with zero attached hydrogens (tertiary/aromatic N) is 3. The second-order valence-electron chi connectivity index (χ2n) is 8.18. The quantitative estimate of drug-likeness (QED) is 0.726. The monoisotopic (exact) mass is 412 g/mol. The number of imidazole rings is 1. The summed E-state index contributed by atoms with van der Waals surface area (Å²) in [5.41, 5.74) is 6.59. The van der Waals surface area contributed by atoms with Crippen LogP contribution >= 0.6 is 0 Å². The number of ether oxygens (including phenoxy) is 2. The van der Waals surface area contributed by atoms with Gasteiger partial charge in [0, 0.05) is 44.0 Å². The molecule has 2 saturated heterocycles. The van der Waals surface area contributed by atoms with E-state index in [1.807, 2.05) is 34.7 Å². The summed E-state index contributed by atoms with van der Waals surface area (Å²) in [5, 5.41) is 0. The molecule has 160 valence electrons. The van der Waals surface area contributed by atoms with Crippen molar-refractivity contribution in [1.82, 2.24) is 14.5 Å². The van der Waals surface area contributed by atoms with E-state index in [2.05, 4.69) is 4.98 Å². The third-order valence-corrected chi connectivity index (χ3v) is 6.12. The van der Waals surface area contributed by atoms with Crippen LogP contribution in [0.1, 0.15) is 35.2 Å². The minimum Gasteiger partial charge on any atom is -0.492 e. The highest BCUT2D eigenvalue weighted by atomic mass is 16.6. The number of carbonyl (C=O) groups is 2. The topological polar surface area (TPSA) is 99.7 Å². The predicted molar refractivity (Wildman–Crippen MR) is 110 cm³/mol. The predicted octanol–water partition coefficient (Wildman–Crippen LogP) is 1.77. The maximum atomic E-state index is 13.0. The fourth-order valence-corrected chi connectivity index (χ4v) is 4.36. The van der Waals surface area contributed by atoms with Gasteiger partial charge in [-0.05, 0) is 37.5 Å². The van der Waals surface area contributed by atoms with E-state index in [1.54, 1.807) is 18.6 Å². The number of esters is 1. The molecule has 4 rings (SSSR count). The molecule has 3 heterocycles. The Labute approximate surface area is 176 Å². The first-order valence-corrected chi connectivity index (χ1v) is 10.4. The molecule has 8 heteroatoms. The van der Waals surface area contributed by atoms with Gasteiger partial charge in [-0.15, -0.1) is 0 Å². The van der Waals surface area contributed by atoms with Gasteiger partial charge in [0.1, 0.15) is 18.5 Å². The Morgan fingerprint density at radius 3 is 2.87 bits per heavy atom. The average Bonchev–Trinajstić information content (AvgIpc) is 3.36. The minimum atomic E-state index is -0.481. The van der Waals surface area contributed by atoms with E-state index >= 15 is 0 Å². The Kier molecular flexibility index (Phi) is 5.76. The highest BCUT2D eigenvalue weighted by Crippen LogP contribution is 2.43. The summed E-state index contributed by atoms with van der Waals surface area (Å²) in [4.78, 5) is 31.5. The van der Waals surface area contributed by atoms with Crippen LogP contribution in [-0.2, 0) is 16.1 Å². The smallest absolute Gasteiger partial charge is 0.312 e. The van der Waals surface area contributed by atoms with Crippen molar-refractivity contribution in [3.8, 4) is 5.75 Å². The molecule has 2 aromatic rings. The SMILES string of the molecule is Cc1ccc(C(=O)N2CCC3(CC2)CC(Cn2ccnc2)OC3=O)cc1OCCN. The highest BCUT2D eigenvalue weighted by Gasteiger charge is 2.50. The minimum absolute atomic E-state index is 0.0382. The van der Waals surface area contributed by atoms with Crippen molar-refractivity contribution >= 4 is 11.9 Å². The van der Waals surface area contributed by atoms with E-state index < -0.39 is 5.41 Å². The summed E-state index contributed by atoms with van der Waals surface area (Å²) >= 11 is 0. The molecule has 0 radical (unpaired) electrons. The number of benzene rings is 1. The second-order valence-corrected chi connectivity index (χ2v) is 8.18. The van der Waals surface area contributed by atoms with Crippen LogP contribution in [0.4, 0.5) is 0 Å². The molecule has 1 spiro atoms. The number of likely N-dealkylation sites (tertiary alicyclic amines) is 1. The molecule has 1 aromatic heterocycles. The van der Waals surface area contributed by atoms with E-state index in [1.165, 1.54) is 0 Å². The van der Waals surface area contributed by atoms with Gasteiger partial charge < -0.3 is 24.7 Å². The Morgan fingerprint density at radius 1 is 1.37 bits per heavy atom. The van der Waals surface area contributed by atoms with Crippen LogP contribution in [-0.4, -0.2) is 58.7 Å². The van der Waals surface area contributed by atoms with Gasteiger partial charge in [0.15, 0.2) is 0 Å². The number of hydrogen-bond donors (Lipinski definition) is 1. The van der Waals surface area contributed by atoms with Crippen molar-refractivity contribution in [3.05, 3.63) is 48.0 Å². The normalized spacial score (nSPS) is 20.4. The molecule has 1 atom stereocenters. The number of aryl methyl sites for hydroxylation is 1. The summed E-state index contributed by atoms with van der Waals surface area (Å²) in [6.45, 7) is 4.47. The number of nitrogens with two attached hydrogens (primary N) is 1. The lowest BCUT2D eigenvalue weighted by molar-refractivity contribution is -0.150. The van der Waals surface area contributed by atoms with Crippen LogP contribution in [0.5, 0.6) is 5.75 Å². The molecule has 1 aromatic carbocycles. The van der Waals surface area contributed by atoms with Crippen molar-refractivity contribution in [3.63, 3.8) is 0 Å². The summed E-state index contributed by atoms with van der Waals surface area (Å²) in [6.07, 6.45) is 7.11. The van der Waals surface area contributed by atoms with Crippen molar-refractivity contribution < 1.29 is 19.1 Å². The molecule has 8 nitrogen and oxygen atoms in total. The zero-order chi connectivity index (χ0) is 21.1. The molecule has 1 unspecified atom stereocenters. The number of rotatable bonds is 6. The number of carbonyl (C=O) groups excluding carboxylic acids is 2. The molecule has 2 aliphatic heterocycles. The standard InChI is InChI=1S/C22H28N4O4/c1-16-2-3-17(12-19(16)29-11-6-23)20(27)26-8-4-22(5-9-26)13-18(30-21(22)28)14-25-10-7-24-15-25/h2-3,7,10,12,15,18H,4-6,8-9,11,13-14,23H2,1H3. The highest BCUT2D eigenvalue weighted by molar-refractivity contribution is 5.95. The van der Waals surface area contributed by atoms with E-state index in [0.29, 0.717) is 63.4 Å². The molecule has 2 N–H and O–H groups in total. The lowest BCUT2D eigenvalue weighted by Crippen LogP contribution is -2.45. The Morgan fingerprint density at radius 2 is 2.17 bits per heavy atom. The van der Waals surface area contributed by atoms with Crippen LogP contribution in [0.25, 0.3) is 0 Å². The van der Waals surface area contributed by atoms with Crippen LogP contribution in [0, 0.1) is 12.3 Å². The molecular formula is C22H28N4O4. The largest absolute Gasteiger partial charge is 0.492 e. The lowest BCUT2D eigenvalue weighted by atomic mass is 9.76. The zero-order valence-electron chi connectivity index (χ0n) is 17.3. The van der Waals surface area contributed by atoms with Crippen LogP contribution in [0.15, 0.2) is 36.9 Å². The molecule has 30 heavy (non-hydrogen) atoms. The average molecular weight is 412 g/mol. The molecule has 2 aliphatic rings. The van der Waals surface area contributed by atoms with Gasteiger partial charge in [-0.2, -0.15) is 0 Å². The summed E-state index contributed by atoms with van der Waals surface area (Å²) in [5.74, 6) is 0.512. The Bertz CT molecular complexity index is 904. The first kappa shape index (κ1) is 20.4. The molecule has 1 amide bonds. The van der Waals surface area contributed by atoms with Gasteiger partial charge in [0.05, 0.1) is 18.3 Å². The van der Waals surface area contributed by atoms with Crippen molar-refractivity contribution in [2.45, 2.75) is 38.8 Å². The fourth-order valence-electron chi connectivity index (χ4n) is 4.36. The first-order valence-electron chi connectivity index (χ1n) is 10.4. The Hall–Kier alpha value is -2.87. The molecule has 0 saturated carbocycles. The maximum Gasteiger partial charge on any atom is 0.312 e. The molecule has 0 bridgehead atoms. The van der Waals surface area contributed by atoms with E-state index in [9.17, 15) is 9.59 Å². The van der Waals surface area contributed by atoms with Crippen LogP contribution < -0.4 is 10.5 Å². The third-order valence-electron chi connectivity index (χ3n) is 6.12. The lowest BCUT2D eigenvalue weighted by Gasteiger charge is -2.36. The molecular weight excluding hydrogens is 384 g/mol. The summed E-state index contributed by atoms with van der Waals surface area (Å²) in [7, 11) is 0. The van der Waals surface area contributed by atoms with Gasteiger partial charge in [0.25, 0.3) is 5.91 Å². The van der Waals surface area contributed by atoms with Crippen molar-refractivity contribution in [2.24, 2.45) is 11.1 Å². The second kappa shape index (κ2) is 8.47. The molecule has 2 fully saturated rings. The first-order chi connectivity index (χ1) is 14.5. The number of aromatic nitrogens is 2. The van der Waals surface area contributed by atoms with E-state index in [4.69, 9.17) is 15.2 Å². The summed E-state index contributed by atoms with van der Waals surface area (Å²) < 4.78 is 13.2. The number of cyclic esters (lactones) is 1. The van der Waals surface area contributed by atoms with Crippen LogP contribution in [0.3, 0.4) is 0 Å². The maximum absolute atomic E-state index is 13.0. The zero-order valence-corrected chi connectivity index (χ0v) is 17.3. The van der Waals surface area contributed by atoms with Crippen molar-refractivity contribution in [1.29, 1.82) is 0 Å². The third kappa shape index (κ3) is 4.05. The van der Waals surface area contributed by atoms with E-state index in [0.717, 1.165) is 5.56 Å². The Balaban J connectivity index is 1.38. The van der Waals surface area contributed by atoms with Gasteiger partial charge in [-0.25, -0.2) is 4.98 Å². The fraction of sp³-hybridized carbons (Fsp3) is 0.500. The van der Waals surface area contributed by atoms with Gasteiger partial charge in [-0.3, -0.25) is 9.59 Å². The number of amides is 1. The van der Waals surface area contributed by atoms with E-state index in [-0.39, 0.29) is 18.0 Å². The van der Waals surface area contributed by atoms with Crippen LogP contribution in [0.2, 0.25) is 0 Å². The van der Waals surface area contributed by atoms with Gasteiger partial charge in [-0.1, -0.05) is 6.07 Å². The van der Waals surface area contributed by atoms with Crippen molar-refractivity contribution in [2.75, 3.05) is 26.2 Å².